The average Bonchev–Trinajstić information content (AvgIpc) is 3.30. The molecule has 0 atom stereocenters. The Labute approximate surface area is 206 Å². The maximum atomic E-state index is 13.9. The Morgan fingerprint density at radius 2 is 1.75 bits per heavy atom. The number of benzene rings is 3. The summed E-state index contributed by atoms with van der Waals surface area (Å²) < 4.78 is 25.6. The van der Waals surface area contributed by atoms with Crippen molar-refractivity contribution in [2.75, 3.05) is 11.9 Å². The van der Waals surface area contributed by atoms with Crippen molar-refractivity contribution in [3.63, 3.8) is 0 Å². The van der Waals surface area contributed by atoms with Gasteiger partial charge in [-0.1, -0.05) is 30.3 Å². The largest absolute Gasteiger partial charge is 0.461 e. The maximum Gasteiger partial charge on any atom is 0.358 e. The van der Waals surface area contributed by atoms with Crippen LogP contribution in [0.5, 0.6) is 5.75 Å². The van der Waals surface area contributed by atoms with Crippen LogP contribution < -0.4 is 10.1 Å². The smallest absolute Gasteiger partial charge is 0.358 e. The van der Waals surface area contributed by atoms with Gasteiger partial charge in [-0.25, -0.2) is 13.9 Å². The maximum absolute atomic E-state index is 13.9. The lowest BCUT2D eigenvalue weighted by molar-refractivity contribution is -0.131. The number of ether oxygens (including phenoxy) is 2. The number of aromatic nitrogens is 2. The van der Waals surface area contributed by atoms with Crippen molar-refractivity contribution in [1.82, 2.24) is 9.78 Å². The third-order valence-corrected chi connectivity index (χ3v) is 5.05. The number of halogens is 1. The molecule has 36 heavy (non-hydrogen) atoms. The molecule has 0 bridgehead atoms. The number of para-hydroxylation sites is 1. The summed E-state index contributed by atoms with van der Waals surface area (Å²) in [5.74, 6) is -1.95. The van der Waals surface area contributed by atoms with Gasteiger partial charge in [-0.05, 0) is 55.5 Å². The zero-order valence-electron chi connectivity index (χ0n) is 19.5. The molecule has 1 aromatic heterocycles. The molecule has 0 aliphatic carbocycles. The van der Waals surface area contributed by atoms with Crippen LogP contribution >= 0.6 is 0 Å². The second kappa shape index (κ2) is 10.6. The second-order valence-electron chi connectivity index (χ2n) is 7.65. The van der Waals surface area contributed by atoms with E-state index in [0.29, 0.717) is 22.6 Å². The van der Waals surface area contributed by atoms with Gasteiger partial charge in [-0.2, -0.15) is 5.10 Å². The molecular formula is C27H22FN3O5. The lowest BCUT2D eigenvalue weighted by Gasteiger charge is -2.11. The summed E-state index contributed by atoms with van der Waals surface area (Å²) in [6.45, 7) is 3.12. The van der Waals surface area contributed by atoms with E-state index in [2.05, 4.69) is 10.4 Å². The Bertz CT molecular complexity index is 1450. The van der Waals surface area contributed by atoms with Crippen LogP contribution in [0.4, 0.5) is 10.1 Å². The highest BCUT2D eigenvalue weighted by Gasteiger charge is 2.19. The van der Waals surface area contributed by atoms with E-state index in [4.69, 9.17) is 9.47 Å². The monoisotopic (exact) mass is 487 g/mol. The summed E-state index contributed by atoms with van der Waals surface area (Å²) in [7, 11) is 0. The molecule has 0 unspecified atom stereocenters. The van der Waals surface area contributed by atoms with Gasteiger partial charge < -0.3 is 14.8 Å². The van der Waals surface area contributed by atoms with Gasteiger partial charge in [0.1, 0.15) is 11.6 Å². The van der Waals surface area contributed by atoms with Gasteiger partial charge in [0.2, 0.25) is 0 Å². The zero-order valence-corrected chi connectivity index (χ0v) is 19.5. The second-order valence-corrected chi connectivity index (χ2v) is 7.65. The first kappa shape index (κ1) is 24.3. The highest BCUT2D eigenvalue weighted by Crippen LogP contribution is 2.28. The van der Waals surface area contributed by atoms with Crippen LogP contribution in [0.2, 0.25) is 0 Å². The number of esters is 2. The molecule has 0 fully saturated rings. The summed E-state index contributed by atoms with van der Waals surface area (Å²) in [5, 5.41) is 7.12. The van der Waals surface area contributed by atoms with Crippen molar-refractivity contribution in [2.45, 2.75) is 13.8 Å². The number of carbonyl (C=O) groups excluding carboxylic acids is 3. The van der Waals surface area contributed by atoms with Gasteiger partial charge in [0.25, 0.3) is 5.91 Å². The fourth-order valence-electron chi connectivity index (χ4n) is 3.55. The molecule has 0 saturated carbocycles. The SMILES string of the molecule is CCOC(=O)c1cc(-c2cccc(NC(=O)c3ccccc3OC(C)=O)c2)n(-c2cccc(F)c2)n1. The average molecular weight is 487 g/mol. The first-order valence-corrected chi connectivity index (χ1v) is 11.1. The van der Waals surface area contributed by atoms with Gasteiger partial charge in [0.15, 0.2) is 5.69 Å². The summed E-state index contributed by atoms with van der Waals surface area (Å²) in [4.78, 5) is 36.7. The quantitative estimate of drug-likeness (QED) is 0.290. The number of amides is 1. The van der Waals surface area contributed by atoms with Crippen LogP contribution in [0.1, 0.15) is 34.7 Å². The third kappa shape index (κ3) is 5.47. The molecule has 4 rings (SSSR count). The van der Waals surface area contributed by atoms with Crippen molar-refractivity contribution < 1.29 is 28.2 Å². The molecule has 182 valence electrons. The minimum Gasteiger partial charge on any atom is -0.461 e. The Hall–Kier alpha value is -4.79. The van der Waals surface area contributed by atoms with Crippen molar-refractivity contribution in [3.05, 3.63) is 95.9 Å². The van der Waals surface area contributed by atoms with Crippen molar-refractivity contribution in [1.29, 1.82) is 0 Å². The molecule has 1 amide bonds. The molecule has 8 nitrogen and oxygen atoms in total. The zero-order chi connectivity index (χ0) is 25.7. The van der Waals surface area contributed by atoms with Crippen LogP contribution in [0.25, 0.3) is 16.9 Å². The Kier molecular flexibility index (Phi) is 7.20. The standard InChI is InChI=1S/C27H22FN3O5/c1-3-35-27(34)23-16-24(31(30-23)21-11-7-9-19(28)15-21)18-8-6-10-20(14-18)29-26(33)22-12-4-5-13-25(22)36-17(2)32/h4-16H,3H2,1-2H3,(H,29,33). The van der Waals surface area contributed by atoms with E-state index in [1.807, 2.05) is 0 Å². The lowest BCUT2D eigenvalue weighted by Crippen LogP contribution is -2.14. The van der Waals surface area contributed by atoms with Gasteiger partial charge in [0, 0.05) is 18.2 Å². The van der Waals surface area contributed by atoms with Crippen molar-refractivity contribution in [2.24, 2.45) is 0 Å². The highest BCUT2D eigenvalue weighted by atomic mass is 19.1. The topological polar surface area (TPSA) is 99.5 Å². The molecule has 1 heterocycles. The minimum atomic E-state index is -0.611. The summed E-state index contributed by atoms with van der Waals surface area (Å²) in [6, 6.07) is 20.6. The number of nitrogens with one attached hydrogen (secondary N) is 1. The molecular weight excluding hydrogens is 465 g/mol. The Balaban J connectivity index is 1.70. The molecule has 9 heteroatoms. The fraction of sp³-hybridized carbons (Fsp3) is 0.111. The van der Waals surface area contributed by atoms with Crippen LogP contribution in [0, 0.1) is 5.82 Å². The predicted octanol–water partition coefficient (Wildman–Crippen LogP) is 5.03. The predicted molar refractivity (Wildman–Crippen MR) is 131 cm³/mol. The van der Waals surface area contributed by atoms with Gasteiger partial charge in [0.05, 0.1) is 23.6 Å². The van der Waals surface area contributed by atoms with Crippen LogP contribution in [-0.4, -0.2) is 34.2 Å². The van der Waals surface area contributed by atoms with E-state index >= 15 is 0 Å². The van der Waals surface area contributed by atoms with E-state index in [1.54, 1.807) is 61.5 Å². The van der Waals surface area contributed by atoms with E-state index in [9.17, 15) is 18.8 Å². The minimum absolute atomic E-state index is 0.0564. The van der Waals surface area contributed by atoms with Gasteiger partial charge in [-0.3, -0.25) is 9.59 Å². The van der Waals surface area contributed by atoms with Gasteiger partial charge >= 0.3 is 11.9 Å². The summed E-state index contributed by atoms with van der Waals surface area (Å²) in [5.41, 5.74) is 2.19. The molecule has 0 spiro atoms. The molecule has 4 aromatic rings. The molecule has 0 aliphatic rings. The number of hydrogen-bond acceptors (Lipinski definition) is 6. The molecule has 3 aromatic carbocycles. The van der Waals surface area contributed by atoms with Crippen molar-refractivity contribution in [3.8, 4) is 22.7 Å². The number of carbonyl (C=O) groups is 3. The fourth-order valence-corrected chi connectivity index (χ4v) is 3.55. The third-order valence-electron chi connectivity index (χ3n) is 5.05. The molecule has 1 N–H and O–H groups in total. The number of nitrogens with zero attached hydrogens (tertiary/aromatic N) is 2. The lowest BCUT2D eigenvalue weighted by atomic mass is 10.1. The number of rotatable bonds is 7. The molecule has 0 saturated heterocycles. The van der Waals surface area contributed by atoms with Crippen LogP contribution in [0.3, 0.4) is 0 Å². The normalized spacial score (nSPS) is 10.5. The molecule has 0 aliphatic heterocycles. The summed E-state index contributed by atoms with van der Waals surface area (Å²) in [6.07, 6.45) is 0. The van der Waals surface area contributed by atoms with Crippen LogP contribution in [0.15, 0.2) is 78.9 Å². The number of anilines is 1. The first-order chi connectivity index (χ1) is 17.4. The van der Waals surface area contributed by atoms with Crippen LogP contribution in [-0.2, 0) is 9.53 Å². The van der Waals surface area contributed by atoms with E-state index in [0.717, 1.165) is 0 Å². The summed E-state index contributed by atoms with van der Waals surface area (Å²) >= 11 is 0. The van der Waals surface area contributed by atoms with E-state index in [-0.39, 0.29) is 23.6 Å². The van der Waals surface area contributed by atoms with E-state index < -0.39 is 23.7 Å². The Morgan fingerprint density at radius 1 is 0.972 bits per heavy atom. The Morgan fingerprint density at radius 3 is 2.50 bits per heavy atom. The first-order valence-electron chi connectivity index (χ1n) is 11.1. The van der Waals surface area contributed by atoms with E-state index in [1.165, 1.54) is 35.9 Å². The number of hydrogen-bond donors (Lipinski definition) is 1. The van der Waals surface area contributed by atoms with Gasteiger partial charge in [-0.15, -0.1) is 0 Å². The van der Waals surface area contributed by atoms with Crippen molar-refractivity contribution >= 4 is 23.5 Å². The highest BCUT2D eigenvalue weighted by molar-refractivity contribution is 6.06. The molecule has 0 radical (unpaired) electrons.